The zero-order valence-electron chi connectivity index (χ0n) is 27.0. The third-order valence-corrected chi connectivity index (χ3v) is 11.4. The van der Waals surface area contributed by atoms with Gasteiger partial charge in [0.15, 0.2) is 21.6 Å². The molecule has 262 valence electrons. The van der Waals surface area contributed by atoms with Crippen LogP contribution >= 0.6 is 22.7 Å². The summed E-state index contributed by atoms with van der Waals surface area (Å²) in [7, 11) is 1.83. The Morgan fingerprint density at radius 1 is 0.692 bits per heavy atom. The van der Waals surface area contributed by atoms with E-state index in [1.54, 1.807) is 9.80 Å². The molecule has 0 bridgehead atoms. The molecular weight excluding hydrogens is 717 g/mol. The van der Waals surface area contributed by atoms with Gasteiger partial charge >= 0.3 is 0 Å². The van der Waals surface area contributed by atoms with Crippen LogP contribution < -0.4 is 10.6 Å². The quantitative estimate of drug-likeness (QED) is 0.260. The first-order chi connectivity index (χ1) is 25.0. The van der Waals surface area contributed by atoms with Gasteiger partial charge in [0.2, 0.25) is 11.6 Å². The monoisotopic (exact) mass is 741 g/mol. The third-order valence-electron chi connectivity index (χ3n) is 9.26. The largest absolute Gasteiger partial charge is 0.352 e. The molecule has 17 heteroatoms. The lowest BCUT2D eigenvalue weighted by Crippen LogP contribution is -2.66. The highest BCUT2D eigenvalue weighted by Gasteiger charge is 2.46. The summed E-state index contributed by atoms with van der Waals surface area (Å²) in [5.74, 6) is -4.13. The number of thiazole rings is 2. The van der Waals surface area contributed by atoms with Crippen molar-refractivity contribution in [1.82, 2.24) is 24.7 Å². The molecule has 4 heterocycles. The van der Waals surface area contributed by atoms with Gasteiger partial charge in [0.1, 0.15) is 32.8 Å². The Balaban J connectivity index is 0.947. The summed E-state index contributed by atoms with van der Waals surface area (Å²) >= 11 is 1.61. The van der Waals surface area contributed by atoms with Crippen LogP contribution in [0, 0.1) is 11.6 Å². The van der Waals surface area contributed by atoms with Crippen molar-refractivity contribution in [2.45, 2.75) is 25.2 Å². The Hall–Kier alpha value is -5.78. The molecule has 52 heavy (non-hydrogen) atoms. The molecule has 2 aliphatic heterocycles. The van der Waals surface area contributed by atoms with E-state index in [1.807, 2.05) is 11.9 Å². The summed E-state index contributed by atoms with van der Waals surface area (Å²) in [5, 5.41) is 5.00. The van der Waals surface area contributed by atoms with Crippen molar-refractivity contribution in [3.05, 3.63) is 115 Å². The number of hydrogen-bond donors (Lipinski definition) is 2. The molecule has 2 aromatic heterocycles. The van der Waals surface area contributed by atoms with Crippen LogP contribution in [0.1, 0.15) is 72.8 Å². The molecule has 2 atom stereocenters. The first kappa shape index (κ1) is 33.4. The van der Waals surface area contributed by atoms with Gasteiger partial charge in [-0.2, -0.15) is 0 Å². The number of carbonyl (C=O) groups excluding carboxylic acids is 6. The van der Waals surface area contributed by atoms with Gasteiger partial charge in [0.25, 0.3) is 11.8 Å². The van der Waals surface area contributed by atoms with Crippen LogP contribution in [0.5, 0.6) is 0 Å². The van der Waals surface area contributed by atoms with Crippen molar-refractivity contribution in [3.8, 4) is 0 Å². The molecule has 4 aromatic rings. The molecule has 2 unspecified atom stereocenters. The van der Waals surface area contributed by atoms with Crippen LogP contribution in [-0.2, 0) is 0 Å². The van der Waals surface area contributed by atoms with E-state index in [9.17, 15) is 37.5 Å². The number of amides is 2. The number of allylic oxidation sites excluding steroid dienone is 4. The lowest BCUT2D eigenvalue weighted by atomic mass is 9.96. The molecule has 0 spiro atoms. The SMILES string of the molecule is CN(C1CCN1C1=CC(=O)c2sc(C(=O)Nc3ccc(F)cc3)nc2C1=O)C1CCN1C1=CC(=O)c2sc(C(=O)Nc3ccc(F)cc3)nc2C1=O. The van der Waals surface area contributed by atoms with Crippen LogP contribution in [0.25, 0.3) is 0 Å². The van der Waals surface area contributed by atoms with E-state index in [2.05, 4.69) is 20.6 Å². The molecule has 2 saturated heterocycles. The normalized spacial score (nSPS) is 19.4. The number of nitrogens with zero attached hydrogens (tertiary/aromatic N) is 5. The van der Waals surface area contributed by atoms with Gasteiger partial charge in [-0.05, 0) is 68.4 Å². The van der Waals surface area contributed by atoms with Crippen molar-refractivity contribution in [2.24, 2.45) is 0 Å². The standard InChI is InChI=1S/C35H25F2N7O6S2/c1-42(24-10-12-43(24)20-14-22(45)30-26(28(20)47)40-34(51-30)32(49)38-18-6-2-16(36)3-7-18)25-11-13-44(25)21-15-23(46)31-27(29(21)48)41-35(52-31)33(50)39-19-8-4-17(37)5-9-19/h2-9,14-15,24-25H,10-13H2,1H3,(H,38,49)(H,39,50). The molecule has 13 nitrogen and oxygen atoms in total. The van der Waals surface area contributed by atoms with E-state index < -0.39 is 46.6 Å². The summed E-state index contributed by atoms with van der Waals surface area (Å²) < 4.78 is 26.5. The zero-order valence-corrected chi connectivity index (χ0v) is 28.6. The maximum atomic E-state index is 13.7. The molecule has 8 rings (SSSR count). The molecule has 2 amide bonds. The van der Waals surface area contributed by atoms with Gasteiger partial charge in [0, 0.05) is 36.6 Å². The molecular formula is C35H25F2N7O6S2. The van der Waals surface area contributed by atoms with Gasteiger partial charge in [-0.1, -0.05) is 0 Å². The van der Waals surface area contributed by atoms with E-state index >= 15 is 0 Å². The highest BCUT2D eigenvalue weighted by molar-refractivity contribution is 7.16. The molecule has 0 saturated carbocycles. The van der Waals surface area contributed by atoms with E-state index in [1.165, 1.54) is 60.7 Å². The summed E-state index contributed by atoms with van der Waals surface area (Å²) in [6.45, 7) is 0.935. The minimum absolute atomic E-state index is 0.0542. The molecule has 4 aliphatic rings. The van der Waals surface area contributed by atoms with Gasteiger partial charge in [-0.25, -0.2) is 18.7 Å². The second-order valence-corrected chi connectivity index (χ2v) is 14.4. The van der Waals surface area contributed by atoms with Crippen LogP contribution in [0.2, 0.25) is 0 Å². The Bertz CT molecular complexity index is 2140. The predicted molar refractivity (Wildman–Crippen MR) is 184 cm³/mol. The topological polar surface area (TPSA) is 162 Å². The summed E-state index contributed by atoms with van der Waals surface area (Å²) in [6.07, 6.45) is 3.13. The summed E-state index contributed by atoms with van der Waals surface area (Å²) in [5.41, 5.74) is 0.705. The number of aromatic nitrogens is 2. The van der Waals surface area contributed by atoms with Gasteiger partial charge in [-0.15, -0.1) is 22.7 Å². The van der Waals surface area contributed by atoms with Crippen molar-refractivity contribution in [3.63, 3.8) is 0 Å². The molecule has 2 fully saturated rings. The molecule has 2 N–H and O–H groups in total. The number of likely N-dealkylation sites (tertiary alicyclic amines) is 2. The van der Waals surface area contributed by atoms with E-state index in [0.717, 1.165) is 22.7 Å². The first-order valence-corrected chi connectivity index (χ1v) is 17.6. The molecule has 2 aliphatic carbocycles. The maximum Gasteiger partial charge on any atom is 0.284 e. The first-order valence-electron chi connectivity index (χ1n) is 16.0. The fraction of sp³-hybridized carbons (Fsp3) is 0.200. The van der Waals surface area contributed by atoms with Crippen LogP contribution in [-0.4, -0.2) is 92.1 Å². The van der Waals surface area contributed by atoms with Gasteiger partial charge < -0.3 is 20.4 Å². The lowest BCUT2D eigenvalue weighted by molar-refractivity contribution is -0.0903. The number of benzene rings is 2. The van der Waals surface area contributed by atoms with E-state index in [-0.39, 0.29) is 54.9 Å². The Labute approximate surface area is 301 Å². The lowest BCUT2D eigenvalue weighted by Gasteiger charge is -2.56. The van der Waals surface area contributed by atoms with Crippen molar-refractivity contribution in [2.75, 3.05) is 30.8 Å². The fourth-order valence-corrected chi connectivity index (χ4v) is 8.18. The van der Waals surface area contributed by atoms with E-state index in [4.69, 9.17) is 0 Å². The smallest absolute Gasteiger partial charge is 0.284 e. The summed E-state index contributed by atoms with van der Waals surface area (Å²) in [4.78, 5) is 93.4. The highest BCUT2D eigenvalue weighted by Crippen LogP contribution is 2.38. The number of nitrogens with one attached hydrogen (secondary N) is 2. The van der Waals surface area contributed by atoms with E-state index in [0.29, 0.717) is 37.3 Å². The number of Topliss-reactive ketones (excluding diaryl/α,β-unsaturated/α-hetero) is 2. The summed E-state index contributed by atoms with van der Waals surface area (Å²) in [6, 6.07) is 10.3. The number of fused-ring (bicyclic) bond motifs is 2. The molecule has 2 aromatic carbocycles. The maximum absolute atomic E-state index is 13.7. The fourth-order valence-electron chi connectivity index (χ4n) is 6.45. The predicted octanol–water partition coefficient (Wildman–Crippen LogP) is 4.60. The van der Waals surface area contributed by atoms with Crippen molar-refractivity contribution >= 4 is 69.0 Å². The Morgan fingerprint density at radius 3 is 1.42 bits per heavy atom. The Kier molecular flexibility index (Phi) is 8.19. The number of hydrogen-bond acceptors (Lipinski definition) is 13. The average Bonchev–Trinajstić information content (AvgIpc) is 3.74. The zero-order chi connectivity index (χ0) is 36.4. The van der Waals surface area contributed by atoms with Crippen molar-refractivity contribution < 1.29 is 37.5 Å². The van der Waals surface area contributed by atoms with Crippen LogP contribution in [0.3, 0.4) is 0 Å². The van der Waals surface area contributed by atoms with Crippen LogP contribution in [0.15, 0.2) is 72.1 Å². The van der Waals surface area contributed by atoms with Gasteiger partial charge in [0.05, 0.1) is 23.7 Å². The number of ketones is 4. The van der Waals surface area contributed by atoms with Gasteiger partial charge in [-0.3, -0.25) is 33.7 Å². The Morgan fingerprint density at radius 2 is 1.08 bits per heavy atom. The minimum Gasteiger partial charge on any atom is -0.352 e. The second-order valence-electron chi connectivity index (χ2n) is 12.4. The number of halogens is 2. The van der Waals surface area contributed by atoms with Crippen LogP contribution in [0.4, 0.5) is 20.2 Å². The number of rotatable bonds is 8. The number of anilines is 2. The molecule has 0 radical (unpaired) electrons. The van der Waals surface area contributed by atoms with Crippen molar-refractivity contribution in [1.29, 1.82) is 0 Å². The average molecular weight is 742 g/mol. The second kappa shape index (κ2) is 12.8. The third kappa shape index (κ3) is 5.72. The number of carbonyl (C=O) groups is 6. The highest BCUT2D eigenvalue weighted by atomic mass is 32.1. The minimum atomic E-state index is -0.640.